The molecule has 2 amide bonds. The zero-order valence-corrected chi connectivity index (χ0v) is 15.9. The van der Waals surface area contributed by atoms with Gasteiger partial charge in [-0.15, -0.1) is 0 Å². The molecule has 7 nitrogen and oxygen atoms in total. The Morgan fingerprint density at radius 1 is 1.15 bits per heavy atom. The Bertz CT molecular complexity index is 586. The smallest absolute Gasteiger partial charge is 0.317 e. The average molecular weight is 362 g/mol. The summed E-state index contributed by atoms with van der Waals surface area (Å²) in [6.45, 7) is 7.86. The maximum Gasteiger partial charge on any atom is 0.317 e. The molecule has 1 N–H and O–H groups in total. The van der Waals surface area contributed by atoms with E-state index in [1.807, 2.05) is 36.9 Å². The van der Waals surface area contributed by atoms with Crippen LogP contribution in [0.15, 0.2) is 18.2 Å². The normalized spacial score (nSPS) is 14.2. The Kier molecular flexibility index (Phi) is 8.18. The van der Waals surface area contributed by atoms with E-state index in [-0.39, 0.29) is 12.0 Å². The topological polar surface area (TPSA) is 74.8 Å². The molecule has 1 fully saturated rings. The van der Waals surface area contributed by atoms with Crippen molar-refractivity contribution in [3.05, 3.63) is 23.9 Å². The van der Waals surface area contributed by atoms with Gasteiger partial charge in [-0.2, -0.15) is 0 Å². The Morgan fingerprint density at radius 2 is 1.92 bits per heavy atom. The number of aromatic nitrogens is 1. The van der Waals surface area contributed by atoms with Gasteiger partial charge < -0.3 is 19.9 Å². The number of nitrogens with zero attached hydrogens (tertiary/aromatic N) is 3. The summed E-state index contributed by atoms with van der Waals surface area (Å²) in [5.74, 6) is 0.837. The molecule has 0 radical (unpaired) electrons. The summed E-state index contributed by atoms with van der Waals surface area (Å²) in [4.78, 5) is 32.1. The number of rotatable bonds is 8. The number of urea groups is 1. The van der Waals surface area contributed by atoms with E-state index in [2.05, 4.69) is 15.2 Å². The van der Waals surface area contributed by atoms with Crippen LogP contribution in [0.25, 0.3) is 0 Å². The van der Waals surface area contributed by atoms with Crippen molar-refractivity contribution >= 4 is 17.8 Å². The predicted molar refractivity (Wildman–Crippen MR) is 101 cm³/mol. The molecule has 1 aromatic rings. The third kappa shape index (κ3) is 6.54. The summed E-state index contributed by atoms with van der Waals surface area (Å²) >= 11 is 0. The number of hydrogen-bond donors (Lipinski definition) is 1. The fourth-order valence-electron chi connectivity index (χ4n) is 2.95. The minimum Gasteiger partial charge on any atom is -0.466 e. The summed E-state index contributed by atoms with van der Waals surface area (Å²) in [5.41, 5.74) is 1.01. The molecule has 1 aliphatic rings. The lowest BCUT2D eigenvalue weighted by atomic mass is 10.2. The molecule has 0 saturated carbocycles. The number of ether oxygens (including phenoxy) is 1. The van der Waals surface area contributed by atoms with Gasteiger partial charge in [-0.1, -0.05) is 12.5 Å². The van der Waals surface area contributed by atoms with Crippen LogP contribution in [0.4, 0.5) is 10.6 Å². The number of esters is 1. The molecule has 0 aliphatic carbocycles. The number of nitrogens with one attached hydrogen (secondary N) is 1. The van der Waals surface area contributed by atoms with Gasteiger partial charge in [0.1, 0.15) is 5.82 Å². The highest BCUT2D eigenvalue weighted by Crippen LogP contribution is 2.14. The molecule has 1 aromatic heterocycles. The Labute approximate surface area is 155 Å². The lowest BCUT2D eigenvalue weighted by Gasteiger charge is -2.35. The standard InChI is InChI=1S/C19H30N4O3/c1-3-26-18(24)10-5-4-6-11-20-19(25)23-14-12-22(13-15-23)17-9-7-8-16(2)21-17/h7-9H,3-6,10-15H2,1-2H3,(H,20,25). The molecule has 2 heterocycles. The van der Waals surface area contributed by atoms with E-state index in [9.17, 15) is 9.59 Å². The summed E-state index contributed by atoms with van der Waals surface area (Å²) < 4.78 is 4.89. The fraction of sp³-hybridized carbons (Fsp3) is 0.632. The Morgan fingerprint density at radius 3 is 2.62 bits per heavy atom. The number of hydrogen-bond acceptors (Lipinski definition) is 5. The van der Waals surface area contributed by atoms with Crippen LogP contribution in [0.5, 0.6) is 0 Å². The molecule has 1 aliphatic heterocycles. The molecule has 26 heavy (non-hydrogen) atoms. The maximum absolute atomic E-state index is 12.2. The molecule has 0 aromatic carbocycles. The van der Waals surface area contributed by atoms with Crippen LogP contribution >= 0.6 is 0 Å². The van der Waals surface area contributed by atoms with Gasteiger partial charge >= 0.3 is 12.0 Å². The second-order valence-electron chi connectivity index (χ2n) is 6.46. The van der Waals surface area contributed by atoms with E-state index >= 15 is 0 Å². The van der Waals surface area contributed by atoms with Crippen molar-refractivity contribution in [3.63, 3.8) is 0 Å². The van der Waals surface area contributed by atoms with Gasteiger partial charge in [0.25, 0.3) is 0 Å². The molecule has 7 heteroatoms. The van der Waals surface area contributed by atoms with Crippen molar-refractivity contribution in [2.24, 2.45) is 0 Å². The van der Waals surface area contributed by atoms with Crippen molar-refractivity contribution in [1.29, 1.82) is 0 Å². The van der Waals surface area contributed by atoms with E-state index in [4.69, 9.17) is 4.74 Å². The highest BCUT2D eigenvalue weighted by atomic mass is 16.5. The van der Waals surface area contributed by atoms with Crippen LogP contribution < -0.4 is 10.2 Å². The molecule has 1 saturated heterocycles. The SMILES string of the molecule is CCOC(=O)CCCCCNC(=O)N1CCN(c2cccc(C)n2)CC1. The van der Waals surface area contributed by atoms with Crippen LogP contribution in [0.1, 0.15) is 38.3 Å². The molecular formula is C19H30N4O3. The van der Waals surface area contributed by atoms with E-state index in [1.165, 1.54) is 0 Å². The quantitative estimate of drug-likeness (QED) is 0.567. The monoisotopic (exact) mass is 362 g/mol. The minimum atomic E-state index is -0.141. The number of unbranched alkanes of at least 4 members (excludes halogenated alkanes) is 2. The first-order valence-electron chi connectivity index (χ1n) is 9.47. The second-order valence-corrected chi connectivity index (χ2v) is 6.46. The average Bonchev–Trinajstić information content (AvgIpc) is 2.64. The molecule has 2 rings (SSSR count). The molecule has 0 spiro atoms. The van der Waals surface area contributed by atoms with Crippen molar-refractivity contribution < 1.29 is 14.3 Å². The lowest BCUT2D eigenvalue weighted by molar-refractivity contribution is -0.143. The molecule has 0 atom stereocenters. The van der Waals surface area contributed by atoms with Crippen molar-refractivity contribution in [2.75, 3.05) is 44.2 Å². The second kappa shape index (κ2) is 10.6. The van der Waals surface area contributed by atoms with E-state index in [0.29, 0.717) is 32.7 Å². The molecule has 0 unspecified atom stereocenters. The number of anilines is 1. The van der Waals surface area contributed by atoms with Gasteiger partial charge in [-0.3, -0.25) is 4.79 Å². The van der Waals surface area contributed by atoms with Crippen LogP contribution in [0.3, 0.4) is 0 Å². The first kappa shape index (κ1) is 20.0. The van der Waals surface area contributed by atoms with Crippen LogP contribution in [0.2, 0.25) is 0 Å². The van der Waals surface area contributed by atoms with E-state index in [0.717, 1.165) is 43.9 Å². The van der Waals surface area contributed by atoms with Crippen LogP contribution in [-0.2, 0) is 9.53 Å². The number of piperazine rings is 1. The molecular weight excluding hydrogens is 332 g/mol. The number of pyridine rings is 1. The minimum absolute atomic E-state index is 0.00718. The van der Waals surface area contributed by atoms with Crippen molar-refractivity contribution in [3.8, 4) is 0 Å². The zero-order chi connectivity index (χ0) is 18.8. The van der Waals surface area contributed by atoms with Gasteiger partial charge in [-0.05, 0) is 38.8 Å². The summed E-state index contributed by atoms with van der Waals surface area (Å²) in [7, 11) is 0. The molecule has 0 bridgehead atoms. The predicted octanol–water partition coefficient (Wildman–Crippen LogP) is 2.35. The number of aryl methyl sites for hydroxylation is 1. The maximum atomic E-state index is 12.2. The van der Waals surface area contributed by atoms with Crippen LogP contribution in [0, 0.1) is 6.92 Å². The number of carbonyl (C=O) groups excluding carboxylic acids is 2. The number of carbonyl (C=O) groups is 2. The third-order valence-electron chi connectivity index (χ3n) is 4.40. The van der Waals surface area contributed by atoms with Gasteiger partial charge in [0.05, 0.1) is 6.61 Å². The largest absolute Gasteiger partial charge is 0.466 e. The van der Waals surface area contributed by atoms with Gasteiger partial charge in [0, 0.05) is 44.8 Å². The lowest BCUT2D eigenvalue weighted by Crippen LogP contribution is -2.52. The Balaban J connectivity index is 1.59. The third-order valence-corrected chi connectivity index (χ3v) is 4.40. The molecule has 144 valence electrons. The van der Waals surface area contributed by atoms with Crippen molar-refractivity contribution in [2.45, 2.75) is 39.5 Å². The van der Waals surface area contributed by atoms with E-state index < -0.39 is 0 Å². The van der Waals surface area contributed by atoms with Gasteiger partial charge in [0.15, 0.2) is 0 Å². The van der Waals surface area contributed by atoms with Gasteiger partial charge in [-0.25, -0.2) is 9.78 Å². The summed E-state index contributed by atoms with van der Waals surface area (Å²) in [5, 5.41) is 2.97. The highest BCUT2D eigenvalue weighted by Gasteiger charge is 2.21. The van der Waals surface area contributed by atoms with E-state index in [1.54, 1.807) is 0 Å². The van der Waals surface area contributed by atoms with Crippen molar-refractivity contribution in [1.82, 2.24) is 15.2 Å². The first-order valence-corrected chi connectivity index (χ1v) is 9.47. The Hall–Kier alpha value is -2.31. The fourth-order valence-corrected chi connectivity index (χ4v) is 2.95. The summed E-state index contributed by atoms with van der Waals surface area (Å²) in [6.07, 6.45) is 3.04. The zero-order valence-electron chi connectivity index (χ0n) is 15.9. The first-order chi connectivity index (χ1) is 12.6. The number of amides is 2. The van der Waals surface area contributed by atoms with Gasteiger partial charge in [0.2, 0.25) is 0 Å². The summed E-state index contributed by atoms with van der Waals surface area (Å²) in [6, 6.07) is 6.00. The van der Waals surface area contributed by atoms with Crippen LogP contribution in [-0.4, -0.2) is 61.2 Å². The highest BCUT2D eigenvalue weighted by molar-refractivity contribution is 5.74.